The van der Waals surface area contributed by atoms with Crippen molar-refractivity contribution in [3.63, 3.8) is 0 Å². The lowest BCUT2D eigenvalue weighted by Crippen LogP contribution is -1.90. The number of halogens is 2. The first-order valence-corrected chi connectivity index (χ1v) is 6.63. The predicted octanol–water partition coefficient (Wildman–Crippen LogP) is 3.57. The lowest BCUT2D eigenvalue weighted by atomic mass is 10.1. The van der Waals surface area contributed by atoms with Gasteiger partial charge in [0.25, 0.3) is 5.89 Å². The zero-order chi connectivity index (χ0) is 14.8. The van der Waals surface area contributed by atoms with Gasteiger partial charge in [0.05, 0.1) is 5.56 Å². The van der Waals surface area contributed by atoms with Crippen LogP contribution >= 0.6 is 15.9 Å². The van der Waals surface area contributed by atoms with Gasteiger partial charge in [-0.25, -0.2) is 4.39 Å². The molecule has 7 heteroatoms. The van der Waals surface area contributed by atoms with Crippen LogP contribution in [0.4, 0.5) is 4.39 Å². The molecule has 21 heavy (non-hydrogen) atoms. The Kier molecular flexibility index (Phi) is 3.46. The van der Waals surface area contributed by atoms with Crippen molar-refractivity contribution in [1.29, 1.82) is 5.26 Å². The van der Waals surface area contributed by atoms with Gasteiger partial charge in [0.15, 0.2) is 0 Å². The normalized spacial score (nSPS) is 10.3. The summed E-state index contributed by atoms with van der Waals surface area (Å²) >= 11 is 3.34. The highest BCUT2D eigenvalue weighted by atomic mass is 79.9. The maximum absolute atomic E-state index is 13.6. The van der Waals surface area contributed by atoms with E-state index in [1.807, 2.05) is 0 Å². The Balaban J connectivity index is 2.10. The molecule has 0 atom stereocenters. The third kappa shape index (κ3) is 2.41. The van der Waals surface area contributed by atoms with E-state index in [1.165, 1.54) is 12.1 Å². The lowest BCUT2D eigenvalue weighted by molar-refractivity contribution is 0.431. The molecular weight excluding hydrogens is 339 g/mol. The van der Waals surface area contributed by atoms with Gasteiger partial charge in [-0.15, -0.1) is 0 Å². The van der Waals surface area contributed by atoms with Crippen LogP contribution in [0.1, 0.15) is 5.56 Å². The highest BCUT2D eigenvalue weighted by Gasteiger charge is 2.18. The maximum atomic E-state index is 13.6. The van der Waals surface area contributed by atoms with Crippen LogP contribution < -0.4 is 0 Å². The van der Waals surface area contributed by atoms with E-state index in [-0.39, 0.29) is 22.8 Å². The van der Waals surface area contributed by atoms with E-state index < -0.39 is 5.82 Å². The molecule has 102 valence electrons. The Morgan fingerprint density at radius 2 is 2.10 bits per heavy atom. The van der Waals surface area contributed by atoms with E-state index in [4.69, 9.17) is 9.78 Å². The van der Waals surface area contributed by atoms with Crippen molar-refractivity contribution in [2.75, 3.05) is 0 Å². The van der Waals surface area contributed by atoms with Crippen molar-refractivity contribution in [2.45, 2.75) is 0 Å². The molecule has 0 saturated heterocycles. The first-order valence-electron chi connectivity index (χ1n) is 5.84. The highest BCUT2D eigenvalue weighted by molar-refractivity contribution is 9.10. The summed E-state index contributed by atoms with van der Waals surface area (Å²) in [6, 6.07) is 9.58. The van der Waals surface area contributed by atoms with Crippen molar-refractivity contribution >= 4 is 15.9 Å². The Labute approximate surface area is 127 Å². The average molecular weight is 345 g/mol. The molecule has 0 bridgehead atoms. The topological polar surface area (TPSA) is 75.6 Å². The van der Waals surface area contributed by atoms with E-state index >= 15 is 0 Å². The van der Waals surface area contributed by atoms with Crippen LogP contribution in [0.15, 0.2) is 45.5 Å². The number of nitriles is 1. The van der Waals surface area contributed by atoms with Crippen LogP contribution in [0, 0.1) is 17.1 Å². The van der Waals surface area contributed by atoms with Crippen LogP contribution in [0.3, 0.4) is 0 Å². The quantitative estimate of drug-likeness (QED) is 0.710. The minimum atomic E-state index is -0.631. The van der Waals surface area contributed by atoms with Crippen molar-refractivity contribution in [1.82, 2.24) is 15.1 Å². The molecule has 0 fully saturated rings. The summed E-state index contributed by atoms with van der Waals surface area (Å²) in [7, 11) is 0. The highest BCUT2D eigenvalue weighted by Crippen LogP contribution is 2.28. The molecular formula is C14H6BrFN4O. The number of aromatic nitrogens is 3. The van der Waals surface area contributed by atoms with Gasteiger partial charge in [-0.3, -0.25) is 4.98 Å². The Bertz CT molecular complexity index is 856. The molecule has 3 aromatic rings. The number of benzene rings is 1. The molecule has 3 rings (SSSR count). The summed E-state index contributed by atoms with van der Waals surface area (Å²) in [4.78, 5) is 8.32. The fourth-order valence-electron chi connectivity index (χ4n) is 1.80. The largest absolute Gasteiger partial charge is 0.334 e. The van der Waals surface area contributed by atoms with Gasteiger partial charge < -0.3 is 4.52 Å². The summed E-state index contributed by atoms with van der Waals surface area (Å²) in [6.07, 6.45) is 1.60. The van der Waals surface area contributed by atoms with Crippen LogP contribution in [0.25, 0.3) is 23.0 Å². The molecule has 0 radical (unpaired) electrons. The monoisotopic (exact) mass is 344 g/mol. The van der Waals surface area contributed by atoms with Crippen molar-refractivity contribution in [3.8, 4) is 29.0 Å². The second-order valence-corrected chi connectivity index (χ2v) is 4.89. The number of pyridine rings is 1. The van der Waals surface area contributed by atoms with Crippen LogP contribution in [0.2, 0.25) is 0 Å². The van der Waals surface area contributed by atoms with E-state index in [0.717, 1.165) is 0 Å². The first-order chi connectivity index (χ1) is 10.2. The fourth-order valence-corrected chi connectivity index (χ4v) is 2.23. The fraction of sp³-hybridized carbons (Fsp3) is 0. The van der Waals surface area contributed by atoms with Gasteiger partial charge in [-0.1, -0.05) is 11.2 Å². The zero-order valence-corrected chi connectivity index (χ0v) is 12.0. The second-order valence-electron chi connectivity index (χ2n) is 4.03. The standard InChI is InChI=1S/C14H6BrFN4O/c15-10-4-2-6-18-12(10)13-19-14(21-20-13)8-3-1-5-11(16)9(8)7-17/h1-6H. The molecule has 0 amide bonds. The van der Waals surface area contributed by atoms with E-state index in [9.17, 15) is 4.39 Å². The van der Waals surface area contributed by atoms with Gasteiger partial charge in [0.2, 0.25) is 5.82 Å². The van der Waals surface area contributed by atoms with Gasteiger partial charge in [0.1, 0.15) is 23.1 Å². The summed E-state index contributed by atoms with van der Waals surface area (Å²) in [5.74, 6) is -0.307. The SMILES string of the molecule is N#Cc1c(F)cccc1-c1nc(-c2ncccc2Br)no1. The number of nitrogens with zero attached hydrogens (tertiary/aromatic N) is 4. The second kappa shape index (κ2) is 5.42. The minimum Gasteiger partial charge on any atom is -0.334 e. The smallest absolute Gasteiger partial charge is 0.259 e. The summed E-state index contributed by atoms with van der Waals surface area (Å²) in [5.41, 5.74) is 0.624. The maximum Gasteiger partial charge on any atom is 0.259 e. The summed E-state index contributed by atoms with van der Waals surface area (Å²) in [6.45, 7) is 0. The molecule has 0 aliphatic heterocycles. The predicted molar refractivity (Wildman–Crippen MR) is 75.3 cm³/mol. The number of hydrogen-bond donors (Lipinski definition) is 0. The molecule has 0 spiro atoms. The molecule has 0 unspecified atom stereocenters. The number of rotatable bonds is 2. The molecule has 2 aromatic heterocycles. The van der Waals surface area contributed by atoms with Gasteiger partial charge in [-0.2, -0.15) is 10.2 Å². The molecule has 5 nitrogen and oxygen atoms in total. The summed E-state index contributed by atoms with van der Waals surface area (Å²) < 4.78 is 19.4. The molecule has 0 aliphatic rings. The average Bonchev–Trinajstić information content (AvgIpc) is 2.97. The van der Waals surface area contributed by atoms with Gasteiger partial charge in [-0.05, 0) is 40.2 Å². The van der Waals surface area contributed by atoms with Crippen LogP contribution in [0.5, 0.6) is 0 Å². The van der Waals surface area contributed by atoms with Gasteiger partial charge in [0, 0.05) is 10.7 Å². The first kappa shape index (κ1) is 13.4. The van der Waals surface area contributed by atoms with Crippen LogP contribution in [-0.4, -0.2) is 15.1 Å². The Morgan fingerprint density at radius 1 is 1.24 bits per heavy atom. The zero-order valence-electron chi connectivity index (χ0n) is 10.4. The summed E-state index contributed by atoms with van der Waals surface area (Å²) in [5, 5.41) is 12.8. The Morgan fingerprint density at radius 3 is 2.86 bits per heavy atom. The molecule has 0 N–H and O–H groups in total. The van der Waals surface area contributed by atoms with Crippen molar-refractivity contribution < 1.29 is 8.91 Å². The van der Waals surface area contributed by atoms with Crippen molar-refractivity contribution in [3.05, 3.63) is 52.4 Å². The van der Waals surface area contributed by atoms with E-state index in [1.54, 1.807) is 30.5 Å². The van der Waals surface area contributed by atoms with E-state index in [2.05, 4.69) is 31.1 Å². The molecule has 0 aliphatic carbocycles. The van der Waals surface area contributed by atoms with Crippen LogP contribution in [-0.2, 0) is 0 Å². The Hall–Kier alpha value is -2.59. The van der Waals surface area contributed by atoms with Crippen molar-refractivity contribution in [2.24, 2.45) is 0 Å². The third-order valence-corrected chi connectivity index (χ3v) is 3.39. The lowest BCUT2D eigenvalue weighted by Gasteiger charge is -1.98. The third-order valence-electron chi connectivity index (χ3n) is 2.75. The van der Waals surface area contributed by atoms with Gasteiger partial charge >= 0.3 is 0 Å². The molecule has 1 aromatic carbocycles. The molecule has 2 heterocycles. The molecule has 0 saturated carbocycles. The number of hydrogen-bond acceptors (Lipinski definition) is 5. The minimum absolute atomic E-state index is 0.0682. The van der Waals surface area contributed by atoms with E-state index in [0.29, 0.717) is 10.2 Å².